The molecule has 1 aromatic carbocycles. The fourth-order valence-corrected chi connectivity index (χ4v) is 2.79. The van der Waals surface area contributed by atoms with E-state index in [-0.39, 0.29) is 5.41 Å². The van der Waals surface area contributed by atoms with Crippen molar-refractivity contribution in [3.8, 4) is 5.75 Å². The summed E-state index contributed by atoms with van der Waals surface area (Å²) in [5, 5.41) is 3.62. The summed E-state index contributed by atoms with van der Waals surface area (Å²) in [6.45, 7) is 12.9. The summed E-state index contributed by atoms with van der Waals surface area (Å²) in [7, 11) is 0. The van der Waals surface area contributed by atoms with E-state index in [1.165, 1.54) is 5.56 Å². The number of hydrogen-bond donors (Lipinski definition) is 1. The topological polar surface area (TPSA) is 21.3 Å². The molecule has 0 saturated carbocycles. The van der Waals surface area contributed by atoms with Crippen LogP contribution < -0.4 is 10.1 Å². The lowest BCUT2D eigenvalue weighted by atomic mass is 9.78. The molecule has 0 aliphatic rings. The van der Waals surface area contributed by atoms with Crippen molar-refractivity contribution in [1.82, 2.24) is 5.32 Å². The van der Waals surface area contributed by atoms with Crippen LogP contribution >= 0.6 is 15.9 Å². The van der Waals surface area contributed by atoms with Gasteiger partial charge in [0.15, 0.2) is 0 Å². The van der Waals surface area contributed by atoms with Crippen LogP contribution in [0.25, 0.3) is 0 Å². The number of hydrogen-bond acceptors (Lipinski definition) is 2. The van der Waals surface area contributed by atoms with Gasteiger partial charge in [-0.05, 0) is 58.4 Å². The fourth-order valence-electron chi connectivity index (χ4n) is 2.28. The minimum atomic E-state index is 0.223. The predicted molar refractivity (Wildman–Crippen MR) is 90.4 cm³/mol. The first-order valence-corrected chi connectivity index (χ1v) is 8.41. The quantitative estimate of drug-likeness (QED) is 0.690. The lowest BCUT2D eigenvalue weighted by Gasteiger charge is -2.34. The van der Waals surface area contributed by atoms with E-state index in [1.807, 2.05) is 0 Å². The average Bonchev–Trinajstić information content (AvgIpc) is 2.43. The van der Waals surface area contributed by atoms with Crippen molar-refractivity contribution in [2.75, 3.05) is 13.2 Å². The van der Waals surface area contributed by atoms with Crippen molar-refractivity contribution in [3.63, 3.8) is 0 Å². The highest BCUT2D eigenvalue weighted by Gasteiger charge is 2.28. The highest BCUT2D eigenvalue weighted by atomic mass is 79.9. The Bertz CT molecular complexity index is 417. The first-order chi connectivity index (χ1) is 9.46. The van der Waals surface area contributed by atoms with Crippen molar-refractivity contribution >= 4 is 15.9 Å². The molecule has 0 heterocycles. The first kappa shape index (κ1) is 17.5. The largest absolute Gasteiger partial charge is 0.492 e. The van der Waals surface area contributed by atoms with Crippen molar-refractivity contribution in [3.05, 3.63) is 28.2 Å². The maximum atomic E-state index is 5.73. The van der Waals surface area contributed by atoms with Gasteiger partial charge in [0.25, 0.3) is 0 Å². The Kier molecular flexibility index (Phi) is 7.04. The maximum absolute atomic E-state index is 5.73. The normalized spacial score (nSPS) is 13.3. The van der Waals surface area contributed by atoms with Crippen LogP contribution in [0.5, 0.6) is 5.75 Å². The van der Waals surface area contributed by atoms with Gasteiger partial charge in [-0.3, -0.25) is 0 Å². The molecule has 0 aliphatic carbocycles. The molecule has 1 N–H and O–H groups in total. The van der Waals surface area contributed by atoms with Gasteiger partial charge in [-0.2, -0.15) is 0 Å². The second kappa shape index (κ2) is 8.04. The van der Waals surface area contributed by atoms with Gasteiger partial charge in [0, 0.05) is 6.04 Å². The highest BCUT2D eigenvalue weighted by Crippen LogP contribution is 2.38. The number of ether oxygens (including phenoxy) is 1. The minimum absolute atomic E-state index is 0.223. The molecule has 1 rings (SSSR count). The number of halogens is 1. The number of rotatable bonds is 8. The summed E-state index contributed by atoms with van der Waals surface area (Å²) in [5.41, 5.74) is 1.54. The summed E-state index contributed by atoms with van der Waals surface area (Å²) in [6.07, 6.45) is 2.16. The monoisotopic (exact) mass is 341 g/mol. The van der Waals surface area contributed by atoms with Crippen molar-refractivity contribution in [2.24, 2.45) is 5.41 Å². The molecule has 0 aliphatic heterocycles. The van der Waals surface area contributed by atoms with Crippen LogP contribution in [0.15, 0.2) is 22.7 Å². The summed E-state index contributed by atoms with van der Waals surface area (Å²) < 4.78 is 6.77. The molecular formula is C17H28BrNO. The van der Waals surface area contributed by atoms with Gasteiger partial charge in [-0.25, -0.2) is 0 Å². The zero-order valence-electron chi connectivity index (χ0n) is 13.4. The molecule has 0 aromatic heterocycles. The van der Waals surface area contributed by atoms with E-state index in [0.717, 1.165) is 36.2 Å². The van der Waals surface area contributed by atoms with Gasteiger partial charge in [-0.15, -0.1) is 0 Å². The summed E-state index contributed by atoms with van der Waals surface area (Å²) in [4.78, 5) is 0. The second-order valence-electron chi connectivity index (χ2n) is 5.87. The van der Waals surface area contributed by atoms with E-state index >= 15 is 0 Å². The van der Waals surface area contributed by atoms with Crippen LogP contribution in [0.4, 0.5) is 0 Å². The average molecular weight is 342 g/mol. The van der Waals surface area contributed by atoms with Crippen LogP contribution in [-0.2, 0) is 0 Å². The fraction of sp³-hybridized carbons (Fsp3) is 0.647. The van der Waals surface area contributed by atoms with Crippen LogP contribution in [0, 0.1) is 5.41 Å². The van der Waals surface area contributed by atoms with E-state index in [4.69, 9.17) is 4.74 Å². The zero-order chi connectivity index (χ0) is 15.2. The highest BCUT2D eigenvalue weighted by molar-refractivity contribution is 9.10. The lowest BCUT2D eigenvalue weighted by Crippen LogP contribution is -2.33. The second-order valence-corrected chi connectivity index (χ2v) is 6.73. The van der Waals surface area contributed by atoms with Crippen LogP contribution in [0.2, 0.25) is 0 Å². The first-order valence-electron chi connectivity index (χ1n) is 7.61. The van der Waals surface area contributed by atoms with E-state index in [9.17, 15) is 0 Å². The van der Waals surface area contributed by atoms with Crippen LogP contribution in [0.1, 0.15) is 59.1 Å². The minimum Gasteiger partial charge on any atom is -0.492 e. The van der Waals surface area contributed by atoms with Crippen molar-refractivity contribution < 1.29 is 4.74 Å². The molecule has 0 fully saturated rings. The van der Waals surface area contributed by atoms with E-state index in [0.29, 0.717) is 6.04 Å². The van der Waals surface area contributed by atoms with Gasteiger partial charge in [-0.1, -0.05) is 40.7 Å². The smallest absolute Gasteiger partial charge is 0.133 e. The summed E-state index contributed by atoms with van der Waals surface area (Å²) in [6, 6.07) is 6.80. The SMILES string of the molecule is CCCOc1ccc(C(NCC)C(C)(C)CC)cc1Br. The molecule has 1 aromatic rings. The molecule has 0 radical (unpaired) electrons. The zero-order valence-corrected chi connectivity index (χ0v) is 15.0. The molecule has 1 unspecified atom stereocenters. The van der Waals surface area contributed by atoms with Gasteiger partial charge in [0.05, 0.1) is 11.1 Å². The van der Waals surface area contributed by atoms with Gasteiger partial charge >= 0.3 is 0 Å². The molecule has 0 bridgehead atoms. The third kappa shape index (κ3) is 4.49. The van der Waals surface area contributed by atoms with E-state index < -0.39 is 0 Å². The molecule has 0 saturated heterocycles. The Hall–Kier alpha value is -0.540. The summed E-state index contributed by atoms with van der Waals surface area (Å²) >= 11 is 3.63. The van der Waals surface area contributed by atoms with Crippen molar-refractivity contribution in [2.45, 2.75) is 53.5 Å². The maximum Gasteiger partial charge on any atom is 0.133 e. The van der Waals surface area contributed by atoms with E-state index in [2.05, 4.69) is 74.1 Å². The molecule has 0 spiro atoms. The Balaban J connectivity index is 3.01. The van der Waals surface area contributed by atoms with Crippen LogP contribution in [0.3, 0.4) is 0 Å². The third-order valence-electron chi connectivity index (χ3n) is 3.85. The van der Waals surface area contributed by atoms with Crippen LogP contribution in [-0.4, -0.2) is 13.2 Å². The predicted octanol–water partition coefficient (Wildman–Crippen LogP) is 5.32. The Labute approximate surface area is 132 Å². The van der Waals surface area contributed by atoms with Gasteiger partial charge < -0.3 is 10.1 Å². The molecule has 0 amide bonds. The molecule has 114 valence electrons. The standard InChI is InChI=1S/C17H28BrNO/c1-6-11-20-15-10-9-13(12-14(15)18)16(19-8-3)17(4,5)7-2/h9-10,12,16,19H,6-8,11H2,1-5H3. The molecular weight excluding hydrogens is 314 g/mol. The molecule has 3 heteroatoms. The molecule has 2 nitrogen and oxygen atoms in total. The number of nitrogens with one attached hydrogen (secondary N) is 1. The van der Waals surface area contributed by atoms with E-state index in [1.54, 1.807) is 0 Å². The Morgan fingerprint density at radius 3 is 2.45 bits per heavy atom. The lowest BCUT2D eigenvalue weighted by molar-refractivity contribution is 0.237. The van der Waals surface area contributed by atoms with Crippen molar-refractivity contribution in [1.29, 1.82) is 0 Å². The summed E-state index contributed by atoms with van der Waals surface area (Å²) in [5.74, 6) is 0.931. The van der Waals surface area contributed by atoms with Gasteiger partial charge in [0.2, 0.25) is 0 Å². The van der Waals surface area contributed by atoms with Gasteiger partial charge in [0.1, 0.15) is 5.75 Å². The Morgan fingerprint density at radius 2 is 1.95 bits per heavy atom. The molecule has 1 atom stereocenters. The Morgan fingerprint density at radius 1 is 1.25 bits per heavy atom. The number of benzene rings is 1. The third-order valence-corrected chi connectivity index (χ3v) is 4.47. The molecule has 20 heavy (non-hydrogen) atoms.